The lowest BCUT2D eigenvalue weighted by Crippen LogP contribution is -2.40. The first-order valence-electron chi connectivity index (χ1n) is 8.89. The summed E-state index contributed by atoms with van der Waals surface area (Å²) in [4.78, 5) is 18.9. The number of nitrogens with one attached hydrogen (secondary N) is 2. The van der Waals surface area contributed by atoms with Crippen LogP contribution < -0.4 is 10.6 Å². The highest BCUT2D eigenvalue weighted by atomic mass is 32.2. The molecule has 1 heterocycles. The predicted octanol–water partition coefficient (Wildman–Crippen LogP) is 1.08. The van der Waals surface area contributed by atoms with Gasteiger partial charge in [-0.05, 0) is 18.6 Å². The van der Waals surface area contributed by atoms with Gasteiger partial charge in [-0.2, -0.15) is 0 Å². The van der Waals surface area contributed by atoms with Gasteiger partial charge in [-0.15, -0.1) is 16.9 Å². The van der Waals surface area contributed by atoms with E-state index < -0.39 is 0 Å². The van der Waals surface area contributed by atoms with Crippen LogP contribution in [0.3, 0.4) is 0 Å². The van der Waals surface area contributed by atoms with Gasteiger partial charge in [0.25, 0.3) is 0 Å². The first-order valence-corrected chi connectivity index (χ1v) is 9.88. The molecule has 146 valence electrons. The maximum Gasteiger partial charge on any atom is 0.243 e. The number of benzene rings is 1. The number of guanidine groups is 1. The minimum Gasteiger partial charge on any atom is -0.356 e. The second-order valence-electron chi connectivity index (χ2n) is 5.99. The molecule has 1 aromatic heterocycles. The molecule has 1 amide bonds. The first kappa shape index (κ1) is 20.8. The van der Waals surface area contributed by atoms with E-state index in [9.17, 15) is 4.79 Å². The van der Waals surface area contributed by atoms with Crippen LogP contribution in [0.1, 0.15) is 6.42 Å². The van der Waals surface area contributed by atoms with Crippen LogP contribution >= 0.6 is 11.8 Å². The Morgan fingerprint density at radius 1 is 1.22 bits per heavy atom. The fourth-order valence-corrected chi connectivity index (χ4v) is 2.91. The summed E-state index contributed by atoms with van der Waals surface area (Å²) in [5, 5.41) is 14.3. The standard InChI is InChI=1S/C18H27N7OS/c1-24(2)17(26)15-21-18(19-9-6-12-25-13-10-22-23-25)20-11-14-27-16-7-4-3-5-8-16/h3-5,7-8,10,13H,6,9,11-12,14-15H2,1-2H3,(H2,19,20,21). The van der Waals surface area contributed by atoms with Gasteiger partial charge in [0.15, 0.2) is 5.96 Å². The van der Waals surface area contributed by atoms with Crippen LogP contribution in [-0.4, -0.2) is 71.2 Å². The monoisotopic (exact) mass is 389 g/mol. The average Bonchev–Trinajstić information content (AvgIpc) is 3.19. The van der Waals surface area contributed by atoms with Crippen molar-refractivity contribution in [3.05, 3.63) is 42.7 Å². The first-order chi connectivity index (χ1) is 13.1. The smallest absolute Gasteiger partial charge is 0.243 e. The number of amides is 1. The number of thioether (sulfide) groups is 1. The zero-order chi connectivity index (χ0) is 19.3. The van der Waals surface area contributed by atoms with Crippen molar-refractivity contribution in [1.29, 1.82) is 0 Å². The number of carbonyl (C=O) groups is 1. The quantitative estimate of drug-likeness (QED) is 0.274. The van der Waals surface area contributed by atoms with Gasteiger partial charge in [0.05, 0.1) is 6.20 Å². The number of aromatic nitrogens is 3. The molecule has 2 aromatic rings. The number of rotatable bonds is 10. The van der Waals surface area contributed by atoms with Crippen molar-refractivity contribution in [1.82, 2.24) is 30.5 Å². The summed E-state index contributed by atoms with van der Waals surface area (Å²) in [5.74, 6) is 1.53. The van der Waals surface area contributed by atoms with E-state index in [1.807, 2.05) is 24.4 Å². The molecule has 0 unspecified atom stereocenters. The van der Waals surface area contributed by atoms with E-state index in [2.05, 4.69) is 38.1 Å². The molecule has 8 nitrogen and oxygen atoms in total. The lowest BCUT2D eigenvalue weighted by molar-refractivity contribution is -0.127. The van der Waals surface area contributed by atoms with Gasteiger partial charge in [0, 0.05) is 50.6 Å². The Morgan fingerprint density at radius 3 is 2.70 bits per heavy atom. The van der Waals surface area contributed by atoms with E-state index in [1.165, 1.54) is 9.80 Å². The highest BCUT2D eigenvalue weighted by Gasteiger charge is 2.04. The van der Waals surface area contributed by atoms with Gasteiger partial charge in [0.1, 0.15) is 6.54 Å². The largest absolute Gasteiger partial charge is 0.356 e. The number of aliphatic imine (C=N–C) groups is 1. The summed E-state index contributed by atoms with van der Waals surface area (Å²) in [6.07, 6.45) is 4.38. The molecule has 2 N–H and O–H groups in total. The summed E-state index contributed by atoms with van der Waals surface area (Å²) >= 11 is 1.78. The summed E-state index contributed by atoms with van der Waals surface area (Å²) in [6.45, 7) is 2.39. The van der Waals surface area contributed by atoms with Gasteiger partial charge < -0.3 is 15.5 Å². The van der Waals surface area contributed by atoms with Crippen molar-refractivity contribution in [3.63, 3.8) is 0 Å². The highest BCUT2D eigenvalue weighted by molar-refractivity contribution is 7.99. The van der Waals surface area contributed by atoms with E-state index in [0.29, 0.717) is 5.96 Å². The van der Waals surface area contributed by atoms with E-state index >= 15 is 0 Å². The number of likely N-dealkylation sites (N-methyl/N-ethyl adjacent to an activating group) is 1. The summed E-state index contributed by atoms with van der Waals surface area (Å²) in [6, 6.07) is 10.3. The highest BCUT2D eigenvalue weighted by Crippen LogP contribution is 2.15. The van der Waals surface area contributed by atoms with Crippen LogP contribution in [0.15, 0.2) is 52.6 Å². The summed E-state index contributed by atoms with van der Waals surface area (Å²) in [5.41, 5.74) is 0. The van der Waals surface area contributed by atoms with E-state index in [1.54, 1.807) is 36.7 Å². The number of aryl methyl sites for hydroxylation is 1. The number of hydrogen-bond acceptors (Lipinski definition) is 5. The Labute approximate surface area is 164 Å². The molecule has 0 aliphatic carbocycles. The van der Waals surface area contributed by atoms with Crippen LogP contribution in [0.2, 0.25) is 0 Å². The van der Waals surface area contributed by atoms with E-state index in [0.717, 1.165) is 31.8 Å². The van der Waals surface area contributed by atoms with Crippen molar-refractivity contribution < 1.29 is 4.79 Å². The Kier molecular flexibility index (Phi) is 9.19. The maximum atomic E-state index is 11.8. The fourth-order valence-electron chi connectivity index (χ4n) is 2.12. The molecule has 9 heteroatoms. The van der Waals surface area contributed by atoms with Crippen LogP contribution in [0.5, 0.6) is 0 Å². The van der Waals surface area contributed by atoms with Gasteiger partial charge >= 0.3 is 0 Å². The lowest BCUT2D eigenvalue weighted by Gasteiger charge is -2.13. The Bertz CT molecular complexity index is 689. The molecule has 0 saturated carbocycles. The summed E-state index contributed by atoms with van der Waals surface area (Å²) in [7, 11) is 3.46. The van der Waals surface area contributed by atoms with Gasteiger partial charge in [0.2, 0.25) is 5.91 Å². The molecule has 0 aliphatic rings. The second-order valence-corrected chi connectivity index (χ2v) is 7.16. The van der Waals surface area contributed by atoms with E-state index in [4.69, 9.17) is 0 Å². The maximum absolute atomic E-state index is 11.8. The molecular weight excluding hydrogens is 362 g/mol. The molecular formula is C18H27N7OS. The minimum atomic E-state index is -0.0302. The number of hydrogen-bond donors (Lipinski definition) is 2. The Balaban J connectivity index is 1.75. The van der Waals surface area contributed by atoms with Crippen LogP contribution in [0, 0.1) is 0 Å². The van der Waals surface area contributed by atoms with Crippen molar-refractivity contribution in [2.75, 3.05) is 39.5 Å². The number of carbonyl (C=O) groups excluding carboxylic acids is 1. The molecule has 1 aromatic carbocycles. The zero-order valence-electron chi connectivity index (χ0n) is 15.8. The minimum absolute atomic E-state index is 0.0302. The molecule has 0 atom stereocenters. The molecule has 27 heavy (non-hydrogen) atoms. The molecule has 0 saturated heterocycles. The SMILES string of the molecule is CN(C)C(=O)CN=C(NCCCn1ccnn1)NCCSc1ccccc1. The van der Waals surface area contributed by atoms with Gasteiger partial charge in [-0.1, -0.05) is 23.4 Å². The molecule has 0 radical (unpaired) electrons. The molecule has 0 spiro atoms. The molecule has 0 fully saturated rings. The average molecular weight is 390 g/mol. The second kappa shape index (κ2) is 11.9. The third-order valence-corrected chi connectivity index (χ3v) is 4.62. The molecule has 0 bridgehead atoms. The van der Waals surface area contributed by atoms with Crippen molar-refractivity contribution in [2.45, 2.75) is 17.9 Å². The topological polar surface area (TPSA) is 87.4 Å². The van der Waals surface area contributed by atoms with Crippen LogP contribution in [0.4, 0.5) is 0 Å². The third kappa shape index (κ3) is 8.59. The zero-order valence-corrected chi connectivity index (χ0v) is 16.7. The Hall–Kier alpha value is -2.55. The van der Waals surface area contributed by atoms with Crippen LogP contribution in [-0.2, 0) is 11.3 Å². The van der Waals surface area contributed by atoms with Crippen molar-refractivity contribution in [2.24, 2.45) is 4.99 Å². The van der Waals surface area contributed by atoms with Gasteiger partial charge in [-0.3, -0.25) is 9.48 Å². The lowest BCUT2D eigenvalue weighted by atomic mass is 10.4. The van der Waals surface area contributed by atoms with Crippen molar-refractivity contribution in [3.8, 4) is 0 Å². The van der Waals surface area contributed by atoms with Gasteiger partial charge in [-0.25, -0.2) is 4.99 Å². The summed E-state index contributed by atoms with van der Waals surface area (Å²) < 4.78 is 1.79. The fraction of sp³-hybridized carbons (Fsp3) is 0.444. The predicted molar refractivity (Wildman–Crippen MR) is 109 cm³/mol. The molecule has 2 rings (SSSR count). The van der Waals surface area contributed by atoms with Crippen molar-refractivity contribution >= 4 is 23.6 Å². The normalized spacial score (nSPS) is 11.3. The Morgan fingerprint density at radius 2 is 2.00 bits per heavy atom. The number of nitrogens with zero attached hydrogens (tertiary/aromatic N) is 5. The van der Waals surface area contributed by atoms with E-state index in [-0.39, 0.29) is 12.5 Å². The third-order valence-electron chi connectivity index (χ3n) is 3.61. The van der Waals surface area contributed by atoms with Crippen LogP contribution in [0.25, 0.3) is 0 Å². The molecule has 0 aliphatic heterocycles.